The normalized spacial score (nSPS) is 30.6. The molecular weight excluding hydrogens is 636 g/mol. The lowest BCUT2D eigenvalue weighted by Crippen LogP contribution is -2.60. The zero-order valence-electron chi connectivity index (χ0n) is 26.6. The molecule has 48 heavy (non-hydrogen) atoms. The minimum Gasteiger partial charge on any atom is -0.507 e. The first-order valence-electron chi connectivity index (χ1n) is 15.2. The maximum absolute atomic E-state index is 14.3. The second-order valence-corrected chi connectivity index (χ2v) is 12.0. The summed E-state index contributed by atoms with van der Waals surface area (Å²) in [6.45, 7) is 4.40. The highest BCUT2D eigenvalue weighted by Gasteiger charge is 2.46. The summed E-state index contributed by atoms with van der Waals surface area (Å²) >= 11 is 0. The predicted octanol–water partition coefficient (Wildman–Crippen LogP) is 0.0679. The summed E-state index contributed by atoms with van der Waals surface area (Å²) in [4.78, 5) is 14.3. The van der Waals surface area contributed by atoms with Gasteiger partial charge in [-0.3, -0.25) is 4.79 Å². The van der Waals surface area contributed by atoms with Gasteiger partial charge in [0.1, 0.15) is 70.9 Å². The number of aromatic hydroxyl groups is 1. The molecule has 5 rings (SSSR count). The molecule has 0 bridgehead atoms. The van der Waals surface area contributed by atoms with Gasteiger partial charge in [0.15, 0.2) is 5.76 Å². The molecule has 3 heterocycles. The molecule has 2 aliphatic rings. The third-order valence-electron chi connectivity index (χ3n) is 8.37. The number of rotatable bonds is 9. The molecular formula is C33H40O15. The van der Waals surface area contributed by atoms with Crippen molar-refractivity contribution in [1.82, 2.24) is 0 Å². The summed E-state index contributed by atoms with van der Waals surface area (Å²) in [5.74, 6) is -0.922. The van der Waals surface area contributed by atoms with E-state index >= 15 is 0 Å². The molecule has 1 aromatic heterocycles. The van der Waals surface area contributed by atoms with Crippen LogP contribution in [-0.2, 0) is 15.9 Å². The van der Waals surface area contributed by atoms with E-state index in [4.69, 9.17) is 28.1 Å². The Bertz CT molecular complexity index is 1680. The van der Waals surface area contributed by atoms with Gasteiger partial charge < -0.3 is 69.0 Å². The van der Waals surface area contributed by atoms with Crippen molar-refractivity contribution in [2.75, 3.05) is 13.7 Å². The summed E-state index contributed by atoms with van der Waals surface area (Å²) in [5, 5.41) is 82.9. The third-order valence-corrected chi connectivity index (χ3v) is 8.37. The van der Waals surface area contributed by atoms with Gasteiger partial charge in [0, 0.05) is 17.2 Å². The van der Waals surface area contributed by atoms with E-state index in [9.17, 15) is 45.6 Å². The van der Waals surface area contributed by atoms with E-state index in [1.54, 1.807) is 30.3 Å². The maximum atomic E-state index is 14.3. The van der Waals surface area contributed by atoms with Gasteiger partial charge in [-0.15, -0.1) is 0 Å². The van der Waals surface area contributed by atoms with E-state index in [0.717, 1.165) is 11.6 Å². The number of fused-ring (bicyclic) bond motifs is 1. The van der Waals surface area contributed by atoms with Crippen molar-refractivity contribution in [1.29, 1.82) is 0 Å². The smallest absolute Gasteiger partial charge is 0.239 e. The molecule has 10 atom stereocenters. The Morgan fingerprint density at radius 3 is 2.10 bits per heavy atom. The first-order chi connectivity index (χ1) is 22.8. The summed E-state index contributed by atoms with van der Waals surface area (Å²) in [6.07, 6.45) is -13.7. The number of benzene rings is 2. The summed E-state index contributed by atoms with van der Waals surface area (Å²) < 4.78 is 34.5. The van der Waals surface area contributed by atoms with Crippen molar-refractivity contribution in [3.63, 3.8) is 0 Å². The van der Waals surface area contributed by atoms with E-state index < -0.39 is 84.9 Å². The van der Waals surface area contributed by atoms with Gasteiger partial charge in [0.25, 0.3) is 0 Å². The Balaban J connectivity index is 1.71. The van der Waals surface area contributed by atoms with Crippen molar-refractivity contribution in [2.24, 2.45) is 0 Å². The zero-order chi connectivity index (χ0) is 35.0. The Morgan fingerprint density at radius 2 is 1.50 bits per heavy atom. The third kappa shape index (κ3) is 6.74. The van der Waals surface area contributed by atoms with Crippen LogP contribution in [0, 0.1) is 0 Å². The highest BCUT2D eigenvalue weighted by Crippen LogP contribution is 2.41. The van der Waals surface area contributed by atoms with E-state index in [1.165, 1.54) is 14.0 Å². The number of ether oxygens (including phenoxy) is 5. The molecule has 8 N–H and O–H groups in total. The molecule has 0 unspecified atom stereocenters. The van der Waals surface area contributed by atoms with Crippen LogP contribution in [-0.4, -0.2) is 116 Å². The monoisotopic (exact) mass is 676 g/mol. The Kier molecular flexibility index (Phi) is 10.6. The van der Waals surface area contributed by atoms with Gasteiger partial charge in [0.2, 0.25) is 23.8 Å². The fraction of sp³-hybridized carbons (Fsp3) is 0.485. The van der Waals surface area contributed by atoms with Crippen molar-refractivity contribution in [2.45, 2.75) is 88.6 Å². The molecule has 0 saturated carbocycles. The molecule has 2 fully saturated rings. The van der Waals surface area contributed by atoms with Crippen LogP contribution in [0.25, 0.3) is 22.3 Å². The number of hydrogen-bond acceptors (Lipinski definition) is 15. The first kappa shape index (κ1) is 35.5. The highest BCUT2D eigenvalue weighted by molar-refractivity contribution is 5.91. The van der Waals surface area contributed by atoms with E-state index in [2.05, 4.69) is 0 Å². The van der Waals surface area contributed by atoms with Crippen molar-refractivity contribution in [3.05, 3.63) is 57.8 Å². The molecule has 3 aromatic rings. The predicted molar refractivity (Wildman–Crippen MR) is 167 cm³/mol. The molecule has 2 saturated heterocycles. The summed E-state index contributed by atoms with van der Waals surface area (Å²) in [6, 6.07) is 7.41. The topological polar surface area (TPSA) is 238 Å². The number of phenols is 1. The average Bonchev–Trinajstić information content (AvgIpc) is 3.06. The number of methoxy groups -OCH3 is 1. The van der Waals surface area contributed by atoms with Crippen LogP contribution in [0.15, 0.2) is 51.2 Å². The summed E-state index contributed by atoms with van der Waals surface area (Å²) in [5.41, 5.74) is 0.341. The molecule has 15 heteroatoms. The number of aliphatic hydroxyl groups excluding tert-OH is 7. The minimum absolute atomic E-state index is 0.0725. The highest BCUT2D eigenvalue weighted by atomic mass is 16.7. The second kappa shape index (κ2) is 14.4. The van der Waals surface area contributed by atoms with Gasteiger partial charge in [-0.2, -0.15) is 0 Å². The fourth-order valence-electron chi connectivity index (χ4n) is 5.52. The van der Waals surface area contributed by atoms with Crippen molar-refractivity contribution < 1.29 is 69.0 Å². The van der Waals surface area contributed by atoms with Crippen LogP contribution in [0.3, 0.4) is 0 Å². The minimum atomic E-state index is -1.77. The van der Waals surface area contributed by atoms with Crippen LogP contribution < -0.4 is 19.6 Å². The van der Waals surface area contributed by atoms with Crippen LogP contribution in [0.1, 0.15) is 26.3 Å². The molecule has 0 amide bonds. The van der Waals surface area contributed by atoms with Crippen LogP contribution in [0.5, 0.6) is 23.0 Å². The molecule has 0 aliphatic carbocycles. The number of aliphatic hydroxyl groups is 7. The molecule has 15 nitrogen and oxygen atoms in total. The summed E-state index contributed by atoms with van der Waals surface area (Å²) in [7, 11) is 1.47. The van der Waals surface area contributed by atoms with Gasteiger partial charge >= 0.3 is 0 Å². The lowest BCUT2D eigenvalue weighted by Gasteiger charge is -2.39. The lowest BCUT2D eigenvalue weighted by molar-refractivity contribution is -0.277. The van der Waals surface area contributed by atoms with Crippen LogP contribution in [0.4, 0.5) is 0 Å². The Labute approximate surface area is 274 Å². The van der Waals surface area contributed by atoms with E-state index in [-0.39, 0.29) is 34.5 Å². The molecule has 2 aromatic carbocycles. The van der Waals surface area contributed by atoms with E-state index in [0.29, 0.717) is 11.3 Å². The zero-order valence-corrected chi connectivity index (χ0v) is 26.6. The van der Waals surface area contributed by atoms with Gasteiger partial charge in [0.05, 0.1) is 19.8 Å². The SMILES string of the molecule is COc1ccc(-c2oc3c(CC=C(C)C)c(O[C@@H]4O[C@H](CO)[C@@H](O)[C@@H](O)[C@@H]4O)cc(O)c3c(=O)c2O[C@@H]2O[C@@H](C)[C@H](O)[C@H](O)[C@@H]2O)cc1. The molecule has 262 valence electrons. The van der Waals surface area contributed by atoms with E-state index in [1.807, 2.05) is 13.8 Å². The standard InChI is InChI=1S/C33H40O15/c1-13(2)5-10-17-19(45-33-28(42)26(40)23(37)20(12-34)46-33)11-18(35)21-24(38)31(48-32-27(41)25(39)22(36)14(3)44-32)29(47-30(17)21)15-6-8-16(43-4)9-7-15/h5-9,11,14,20,22-23,25-28,32-37,39-42H,10,12H2,1-4H3/t14-,20+,22-,23+,25-,26+,27-,28-,32-,33+/m0/s1. The van der Waals surface area contributed by atoms with Gasteiger partial charge in [-0.1, -0.05) is 11.6 Å². The first-order valence-corrected chi connectivity index (χ1v) is 15.2. The Morgan fingerprint density at radius 1 is 0.875 bits per heavy atom. The second-order valence-electron chi connectivity index (χ2n) is 12.0. The maximum Gasteiger partial charge on any atom is 0.239 e. The van der Waals surface area contributed by atoms with Crippen molar-refractivity contribution >= 4 is 11.0 Å². The van der Waals surface area contributed by atoms with Crippen LogP contribution >= 0.6 is 0 Å². The number of allylic oxidation sites excluding steroid dienone is 2. The van der Waals surface area contributed by atoms with Crippen molar-refractivity contribution in [3.8, 4) is 34.3 Å². The fourth-order valence-corrected chi connectivity index (χ4v) is 5.52. The van der Waals surface area contributed by atoms with Gasteiger partial charge in [-0.05, 0) is 51.5 Å². The van der Waals surface area contributed by atoms with Crippen LogP contribution in [0.2, 0.25) is 0 Å². The molecule has 0 spiro atoms. The Hall–Kier alpha value is -3.77. The molecule has 2 aliphatic heterocycles. The lowest BCUT2D eigenvalue weighted by atomic mass is 9.99. The quantitative estimate of drug-likeness (QED) is 0.140. The molecule has 0 radical (unpaired) electrons. The average molecular weight is 677 g/mol. The van der Waals surface area contributed by atoms with Gasteiger partial charge in [-0.25, -0.2) is 0 Å². The largest absolute Gasteiger partial charge is 0.507 e. The number of phenolic OH excluding ortho intramolecular Hbond substituents is 1. The number of hydrogen-bond donors (Lipinski definition) is 8.